The highest BCUT2D eigenvalue weighted by Gasteiger charge is 2.43. The number of sulfonamides is 1. The number of carboxylic acid groups (broad SMARTS) is 1. The van der Waals surface area contributed by atoms with Gasteiger partial charge in [0.05, 0.1) is 11.0 Å². The summed E-state index contributed by atoms with van der Waals surface area (Å²) >= 11 is 0. The van der Waals surface area contributed by atoms with Crippen LogP contribution in [0.2, 0.25) is 0 Å². The number of aliphatic carboxylic acids is 1. The molecule has 1 aromatic rings. The molecule has 0 spiro atoms. The van der Waals surface area contributed by atoms with Crippen molar-refractivity contribution >= 4 is 16.0 Å². The first kappa shape index (κ1) is 13.9. The number of benzene rings is 1. The average Bonchev–Trinajstić information content (AvgIpc) is 2.73. The van der Waals surface area contributed by atoms with Gasteiger partial charge in [-0.2, -0.15) is 4.31 Å². The van der Waals surface area contributed by atoms with E-state index >= 15 is 0 Å². The Morgan fingerprint density at radius 1 is 1.32 bits per heavy atom. The van der Waals surface area contributed by atoms with Crippen LogP contribution in [0.5, 0.6) is 0 Å². The topological polar surface area (TPSA) is 94.9 Å². The van der Waals surface area contributed by atoms with Crippen LogP contribution in [0.4, 0.5) is 4.39 Å². The quantitative estimate of drug-likeness (QED) is 0.819. The Kier molecular flexibility index (Phi) is 3.57. The Hall–Kier alpha value is -1.51. The van der Waals surface area contributed by atoms with Crippen molar-refractivity contribution in [2.45, 2.75) is 23.5 Å². The molecule has 0 amide bonds. The van der Waals surface area contributed by atoms with Gasteiger partial charge in [0, 0.05) is 13.0 Å². The molecular formula is C11H12FNO5S. The number of β-amino-alcohol motifs (C(OH)–C–C–N with tert-alkyl or cyclic N) is 1. The van der Waals surface area contributed by atoms with Gasteiger partial charge in [-0.1, -0.05) is 0 Å². The fraction of sp³-hybridized carbons (Fsp3) is 0.364. The van der Waals surface area contributed by atoms with Crippen molar-refractivity contribution in [1.82, 2.24) is 4.31 Å². The lowest BCUT2D eigenvalue weighted by molar-refractivity contribution is -0.140. The standard InChI is InChI=1S/C11H12FNO5S/c12-7-1-3-9(4-2-7)19(17,18)13-6-8(14)5-10(13)11(15)16/h1-4,8,10,14H,5-6H2,(H,15,16)/t8?,10-/m0/s1. The Balaban J connectivity index is 2.38. The summed E-state index contributed by atoms with van der Waals surface area (Å²) in [4.78, 5) is 10.8. The molecule has 1 fully saturated rings. The van der Waals surface area contributed by atoms with Crippen molar-refractivity contribution in [3.8, 4) is 0 Å². The molecule has 2 rings (SSSR count). The SMILES string of the molecule is O=C(O)[C@@H]1CC(O)CN1S(=O)(=O)c1ccc(F)cc1. The zero-order valence-electron chi connectivity index (χ0n) is 9.73. The molecule has 1 aliphatic rings. The molecule has 2 N–H and O–H groups in total. The van der Waals surface area contributed by atoms with Crippen molar-refractivity contribution in [1.29, 1.82) is 0 Å². The van der Waals surface area contributed by atoms with Crippen LogP contribution >= 0.6 is 0 Å². The predicted octanol–water partition coefficient (Wildman–Crippen LogP) is 0.0342. The third-order valence-electron chi connectivity index (χ3n) is 2.94. The minimum atomic E-state index is -4.06. The van der Waals surface area contributed by atoms with Gasteiger partial charge in [-0.15, -0.1) is 0 Å². The molecule has 19 heavy (non-hydrogen) atoms. The normalized spacial score (nSPS) is 24.5. The molecule has 2 atom stereocenters. The number of hydrogen-bond acceptors (Lipinski definition) is 4. The Morgan fingerprint density at radius 3 is 2.42 bits per heavy atom. The third-order valence-corrected chi connectivity index (χ3v) is 4.83. The largest absolute Gasteiger partial charge is 0.480 e. The van der Waals surface area contributed by atoms with Crippen molar-refractivity contribution in [2.75, 3.05) is 6.54 Å². The first-order valence-electron chi connectivity index (χ1n) is 5.50. The molecule has 0 saturated carbocycles. The molecular weight excluding hydrogens is 277 g/mol. The second kappa shape index (κ2) is 4.87. The smallest absolute Gasteiger partial charge is 0.322 e. The van der Waals surface area contributed by atoms with Gasteiger partial charge >= 0.3 is 5.97 Å². The Labute approximate surface area is 109 Å². The van der Waals surface area contributed by atoms with Gasteiger partial charge in [0.15, 0.2) is 0 Å². The third kappa shape index (κ3) is 2.60. The summed E-state index contributed by atoms with van der Waals surface area (Å²) in [6.07, 6.45) is -1.17. The lowest BCUT2D eigenvalue weighted by Crippen LogP contribution is -2.40. The number of carboxylic acids is 1. The van der Waals surface area contributed by atoms with Gasteiger partial charge in [-0.3, -0.25) is 4.79 Å². The number of hydrogen-bond donors (Lipinski definition) is 2. The zero-order valence-corrected chi connectivity index (χ0v) is 10.5. The lowest BCUT2D eigenvalue weighted by Gasteiger charge is -2.20. The summed E-state index contributed by atoms with van der Waals surface area (Å²) in [5.74, 6) is -1.91. The van der Waals surface area contributed by atoms with E-state index in [-0.39, 0.29) is 17.9 Å². The summed E-state index contributed by atoms with van der Waals surface area (Å²) in [6.45, 7) is -0.281. The second-order valence-electron chi connectivity index (χ2n) is 4.27. The van der Waals surface area contributed by atoms with Crippen molar-refractivity contribution < 1.29 is 27.8 Å². The van der Waals surface area contributed by atoms with Gasteiger partial charge in [-0.25, -0.2) is 12.8 Å². The van der Waals surface area contributed by atoms with Crippen LogP contribution in [0, 0.1) is 5.82 Å². The second-order valence-corrected chi connectivity index (χ2v) is 6.16. The molecule has 1 unspecified atom stereocenters. The van der Waals surface area contributed by atoms with Crippen LogP contribution in [-0.2, 0) is 14.8 Å². The average molecular weight is 289 g/mol. The van der Waals surface area contributed by atoms with Crippen molar-refractivity contribution in [3.63, 3.8) is 0 Å². The summed E-state index contributed by atoms with van der Waals surface area (Å²) < 4.78 is 38.0. The maximum absolute atomic E-state index is 12.8. The minimum Gasteiger partial charge on any atom is -0.480 e. The van der Waals surface area contributed by atoms with E-state index in [4.69, 9.17) is 5.11 Å². The highest BCUT2D eigenvalue weighted by atomic mass is 32.2. The number of carbonyl (C=O) groups is 1. The highest BCUT2D eigenvalue weighted by Crippen LogP contribution is 2.26. The first-order chi connectivity index (χ1) is 8.82. The number of rotatable bonds is 3. The van der Waals surface area contributed by atoms with E-state index < -0.39 is 34.0 Å². The van der Waals surface area contributed by atoms with Crippen LogP contribution in [0.3, 0.4) is 0 Å². The summed E-state index contributed by atoms with van der Waals surface area (Å²) in [5.41, 5.74) is 0. The molecule has 6 nitrogen and oxygen atoms in total. The fourth-order valence-corrected chi connectivity index (χ4v) is 3.65. The van der Waals surface area contributed by atoms with Crippen LogP contribution in [-0.4, -0.2) is 47.6 Å². The molecule has 1 aliphatic heterocycles. The van der Waals surface area contributed by atoms with E-state index in [1.807, 2.05) is 0 Å². The van der Waals surface area contributed by atoms with E-state index in [0.29, 0.717) is 0 Å². The number of nitrogens with zero attached hydrogens (tertiary/aromatic N) is 1. The van der Waals surface area contributed by atoms with Gasteiger partial charge in [0.25, 0.3) is 0 Å². The fourth-order valence-electron chi connectivity index (χ4n) is 2.02. The summed E-state index contributed by atoms with van der Waals surface area (Å²) in [7, 11) is -4.06. The van der Waals surface area contributed by atoms with Crippen LogP contribution in [0.1, 0.15) is 6.42 Å². The van der Waals surface area contributed by atoms with Crippen molar-refractivity contribution in [3.05, 3.63) is 30.1 Å². The molecule has 0 aliphatic carbocycles. The molecule has 8 heteroatoms. The monoisotopic (exact) mass is 289 g/mol. The lowest BCUT2D eigenvalue weighted by atomic mass is 10.2. The number of aliphatic hydroxyl groups is 1. The van der Waals surface area contributed by atoms with E-state index in [1.165, 1.54) is 0 Å². The van der Waals surface area contributed by atoms with E-state index in [2.05, 4.69) is 0 Å². The minimum absolute atomic E-state index is 0.157. The molecule has 1 saturated heterocycles. The highest BCUT2D eigenvalue weighted by molar-refractivity contribution is 7.89. The van der Waals surface area contributed by atoms with Crippen molar-refractivity contribution in [2.24, 2.45) is 0 Å². The van der Waals surface area contributed by atoms with Crippen LogP contribution in [0.25, 0.3) is 0 Å². The maximum atomic E-state index is 12.8. The van der Waals surface area contributed by atoms with E-state index in [1.54, 1.807) is 0 Å². The molecule has 0 bridgehead atoms. The van der Waals surface area contributed by atoms with Crippen LogP contribution < -0.4 is 0 Å². The zero-order chi connectivity index (χ0) is 14.2. The predicted molar refractivity (Wildman–Crippen MR) is 62.3 cm³/mol. The Morgan fingerprint density at radius 2 is 1.89 bits per heavy atom. The molecule has 0 aromatic heterocycles. The molecule has 1 heterocycles. The molecule has 0 radical (unpaired) electrons. The first-order valence-corrected chi connectivity index (χ1v) is 6.94. The maximum Gasteiger partial charge on any atom is 0.322 e. The number of halogens is 1. The van der Waals surface area contributed by atoms with Gasteiger partial charge in [0.1, 0.15) is 11.9 Å². The van der Waals surface area contributed by atoms with E-state index in [9.17, 15) is 22.7 Å². The molecule has 1 aromatic carbocycles. The number of aliphatic hydroxyl groups excluding tert-OH is 1. The van der Waals surface area contributed by atoms with Gasteiger partial charge < -0.3 is 10.2 Å². The van der Waals surface area contributed by atoms with Gasteiger partial charge in [0.2, 0.25) is 10.0 Å². The van der Waals surface area contributed by atoms with Crippen LogP contribution in [0.15, 0.2) is 29.2 Å². The van der Waals surface area contributed by atoms with Gasteiger partial charge in [-0.05, 0) is 24.3 Å². The Bertz CT molecular complexity index is 586. The summed E-state index contributed by atoms with van der Waals surface area (Å²) in [5, 5.41) is 18.4. The molecule has 104 valence electrons. The van der Waals surface area contributed by atoms with E-state index in [0.717, 1.165) is 28.6 Å². The summed E-state index contributed by atoms with van der Waals surface area (Å²) in [6, 6.07) is 2.79.